The molecular weight excluding hydrogens is 397 g/mol. The Morgan fingerprint density at radius 3 is 2.86 bits per heavy atom. The third-order valence-electron chi connectivity index (χ3n) is 4.02. The van der Waals surface area contributed by atoms with Gasteiger partial charge in [-0.1, -0.05) is 30.0 Å². The summed E-state index contributed by atoms with van der Waals surface area (Å²) in [7, 11) is 0. The molecule has 0 fully saturated rings. The fraction of sp³-hybridized carbons (Fsp3) is 0.263. The molecule has 0 aliphatic heterocycles. The number of aromatic nitrogens is 4. The lowest BCUT2D eigenvalue weighted by Crippen LogP contribution is -2.22. The number of rotatable bonds is 7. The Balaban J connectivity index is 1.79. The van der Waals surface area contributed by atoms with Gasteiger partial charge in [0.15, 0.2) is 16.1 Å². The van der Waals surface area contributed by atoms with Gasteiger partial charge in [-0.3, -0.25) is 9.36 Å². The quantitative estimate of drug-likeness (QED) is 0.454. The monoisotopic (exact) mass is 417 g/mol. The number of allylic oxidation sites excluding steroid dienone is 1. The fourth-order valence-corrected chi connectivity index (χ4v) is 4.13. The van der Waals surface area contributed by atoms with Crippen LogP contribution in [0.2, 0.25) is 0 Å². The number of nitrogens with zero attached hydrogens (tertiary/aromatic N) is 4. The predicted octanol–water partition coefficient (Wildman–Crippen LogP) is 4.46. The van der Waals surface area contributed by atoms with Gasteiger partial charge >= 0.3 is 0 Å². The number of carbonyl (C=O) groups is 1. The molecular formula is C19H20FN5OS2. The van der Waals surface area contributed by atoms with Crippen LogP contribution in [0.25, 0.3) is 11.4 Å². The van der Waals surface area contributed by atoms with Crippen LogP contribution in [0.5, 0.6) is 0 Å². The number of thioether (sulfide) groups is 1. The largest absolute Gasteiger partial charge is 0.301 e. The van der Waals surface area contributed by atoms with Crippen molar-refractivity contribution in [3.05, 3.63) is 53.3 Å². The Morgan fingerprint density at radius 1 is 1.43 bits per heavy atom. The highest BCUT2D eigenvalue weighted by Gasteiger charge is 2.21. The van der Waals surface area contributed by atoms with E-state index in [-0.39, 0.29) is 11.7 Å². The number of aryl methyl sites for hydroxylation is 2. The van der Waals surface area contributed by atoms with Crippen LogP contribution in [0.4, 0.5) is 9.52 Å². The molecule has 0 bridgehead atoms. The summed E-state index contributed by atoms with van der Waals surface area (Å²) in [4.78, 5) is 17.9. The van der Waals surface area contributed by atoms with Crippen molar-refractivity contribution in [2.24, 2.45) is 0 Å². The van der Waals surface area contributed by atoms with Crippen molar-refractivity contribution >= 4 is 34.1 Å². The summed E-state index contributed by atoms with van der Waals surface area (Å²) in [5.41, 5.74) is 1.53. The van der Waals surface area contributed by atoms with E-state index in [2.05, 4.69) is 27.1 Å². The molecule has 3 aromatic rings. The third-order valence-corrected chi connectivity index (χ3v) is 6.09. The molecule has 6 nitrogen and oxygen atoms in total. The third kappa shape index (κ3) is 4.48. The zero-order valence-corrected chi connectivity index (χ0v) is 17.4. The maximum Gasteiger partial charge on any atom is 0.239 e. The Labute approximate surface area is 170 Å². The summed E-state index contributed by atoms with van der Waals surface area (Å²) in [5.74, 6) is 0.0153. The highest BCUT2D eigenvalue weighted by molar-refractivity contribution is 8.00. The smallest absolute Gasteiger partial charge is 0.239 e. The Hall–Kier alpha value is -2.52. The van der Waals surface area contributed by atoms with E-state index in [1.165, 1.54) is 35.2 Å². The standard InChI is InChI=1S/C19H20FN5OS2/c1-5-9-25-16(14-7-6-8-15(20)10-14)23-24-19(25)28-13(4)17(26)22-18-21-11(2)12(3)27-18/h5-8,10,13H,1,9H2,2-4H3,(H,21,22,26). The zero-order chi connectivity index (χ0) is 20.3. The number of thiazole rings is 1. The number of benzene rings is 1. The van der Waals surface area contributed by atoms with Crippen LogP contribution < -0.4 is 5.32 Å². The lowest BCUT2D eigenvalue weighted by atomic mass is 10.2. The first-order valence-electron chi connectivity index (χ1n) is 8.60. The molecule has 0 saturated carbocycles. The van der Waals surface area contributed by atoms with Crippen molar-refractivity contribution < 1.29 is 9.18 Å². The SMILES string of the molecule is C=CCn1c(SC(C)C(=O)Nc2nc(C)c(C)s2)nnc1-c1cccc(F)c1. The van der Waals surface area contributed by atoms with E-state index in [1.807, 2.05) is 18.4 Å². The second-order valence-corrected chi connectivity index (χ2v) is 8.64. The van der Waals surface area contributed by atoms with Crippen molar-refractivity contribution in [2.75, 3.05) is 5.32 Å². The van der Waals surface area contributed by atoms with Crippen LogP contribution in [0.15, 0.2) is 42.1 Å². The number of anilines is 1. The zero-order valence-electron chi connectivity index (χ0n) is 15.8. The van der Waals surface area contributed by atoms with Crippen molar-refractivity contribution in [1.82, 2.24) is 19.7 Å². The summed E-state index contributed by atoms with van der Waals surface area (Å²) in [6.07, 6.45) is 1.71. The average Bonchev–Trinajstić information content (AvgIpc) is 3.18. The molecule has 146 valence electrons. The second kappa shape index (κ2) is 8.66. The van der Waals surface area contributed by atoms with Crippen molar-refractivity contribution in [2.45, 2.75) is 37.7 Å². The van der Waals surface area contributed by atoms with E-state index in [9.17, 15) is 9.18 Å². The van der Waals surface area contributed by atoms with Crippen molar-refractivity contribution in [3.63, 3.8) is 0 Å². The molecule has 1 atom stereocenters. The van der Waals surface area contributed by atoms with Gasteiger partial charge in [0.1, 0.15) is 5.82 Å². The molecule has 1 aromatic carbocycles. The van der Waals surface area contributed by atoms with Gasteiger partial charge in [-0.05, 0) is 32.9 Å². The first kappa shape index (κ1) is 20.2. The molecule has 2 heterocycles. The van der Waals surface area contributed by atoms with E-state index in [4.69, 9.17) is 0 Å². The van der Waals surface area contributed by atoms with Crippen molar-refractivity contribution in [1.29, 1.82) is 0 Å². The van der Waals surface area contributed by atoms with Crippen LogP contribution in [0.3, 0.4) is 0 Å². The summed E-state index contributed by atoms with van der Waals surface area (Å²) in [6, 6.07) is 6.17. The predicted molar refractivity (Wildman–Crippen MR) is 111 cm³/mol. The molecule has 0 radical (unpaired) electrons. The number of halogens is 1. The lowest BCUT2D eigenvalue weighted by molar-refractivity contribution is -0.115. The maximum atomic E-state index is 13.6. The molecule has 1 N–H and O–H groups in total. The average molecular weight is 418 g/mol. The molecule has 3 rings (SSSR count). The molecule has 0 aliphatic rings. The van der Waals surface area contributed by atoms with E-state index >= 15 is 0 Å². The van der Waals surface area contributed by atoms with Crippen LogP contribution in [0, 0.1) is 19.7 Å². The summed E-state index contributed by atoms with van der Waals surface area (Å²) in [6.45, 7) is 9.88. The second-order valence-electron chi connectivity index (χ2n) is 6.13. The minimum Gasteiger partial charge on any atom is -0.301 e. The van der Waals surface area contributed by atoms with Gasteiger partial charge in [0.25, 0.3) is 0 Å². The molecule has 28 heavy (non-hydrogen) atoms. The molecule has 1 unspecified atom stereocenters. The van der Waals surface area contributed by atoms with Gasteiger partial charge in [0.2, 0.25) is 5.91 Å². The molecule has 0 saturated heterocycles. The molecule has 2 aromatic heterocycles. The Bertz CT molecular complexity index is 994. The minimum absolute atomic E-state index is 0.167. The van der Waals surface area contributed by atoms with Gasteiger partial charge < -0.3 is 5.32 Å². The summed E-state index contributed by atoms with van der Waals surface area (Å²) >= 11 is 2.73. The van der Waals surface area contributed by atoms with Crippen LogP contribution in [-0.2, 0) is 11.3 Å². The minimum atomic E-state index is -0.419. The van der Waals surface area contributed by atoms with E-state index in [1.54, 1.807) is 25.1 Å². The number of amides is 1. The van der Waals surface area contributed by atoms with Gasteiger partial charge in [-0.25, -0.2) is 9.37 Å². The van der Waals surface area contributed by atoms with Gasteiger partial charge in [0, 0.05) is 17.0 Å². The highest BCUT2D eigenvalue weighted by Crippen LogP contribution is 2.28. The van der Waals surface area contributed by atoms with Gasteiger partial charge in [-0.2, -0.15) is 0 Å². The normalized spacial score (nSPS) is 12.0. The van der Waals surface area contributed by atoms with Crippen LogP contribution in [0.1, 0.15) is 17.5 Å². The number of nitrogens with one attached hydrogen (secondary N) is 1. The maximum absolute atomic E-state index is 13.6. The number of hydrogen-bond acceptors (Lipinski definition) is 6. The lowest BCUT2D eigenvalue weighted by Gasteiger charge is -2.12. The molecule has 1 amide bonds. The summed E-state index contributed by atoms with van der Waals surface area (Å²) < 4.78 is 15.4. The van der Waals surface area contributed by atoms with Gasteiger partial charge in [0.05, 0.1) is 10.9 Å². The topological polar surface area (TPSA) is 72.7 Å². The first-order chi connectivity index (χ1) is 13.4. The van der Waals surface area contributed by atoms with E-state index in [0.717, 1.165) is 10.6 Å². The fourth-order valence-electron chi connectivity index (χ4n) is 2.46. The van der Waals surface area contributed by atoms with Crippen LogP contribution >= 0.6 is 23.1 Å². The molecule has 9 heteroatoms. The highest BCUT2D eigenvalue weighted by atomic mass is 32.2. The van der Waals surface area contributed by atoms with Gasteiger partial charge in [-0.15, -0.1) is 28.1 Å². The van der Waals surface area contributed by atoms with Crippen LogP contribution in [-0.4, -0.2) is 30.9 Å². The Kier molecular flexibility index (Phi) is 6.25. The molecule has 0 spiro atoms. The van der Waals surface area contributed by atoms with Crippen molar-refractivity contribution in [3.8, 4) is 11.4 Å². The number of hydrogen-bond donors (Lipinski definition) is 1. The molecule has 0 aliphatic carbocycles. The Morgan fingerprint density at radius 2 is 2.21 bits per heavy atom. The first-order valence-corrected chi connectivity index (χ1v) is 10.3. The van der Waals surface area contributed by atoms with E-state index in [0.29, 0.717) is 28.2 Å². The number of carbonyl (C=O) groups excluding carboxylic acids is 1. The summed E-state index contributed by atoms with van der Waals surface area (Å²) in [5, 5.41) is 12.0. The van der Waals surface area contributed by atoms with E-state index < -0.39 is 5.25 Å².